The van der Waals surface area contributed by atoms with Crippen LogP contribution in [0.4, 0.5) is 0 Å². The van der Waals surface area contributed by atoms with Crippen molar-refractivity contribution in [3.63, 3.8) is 0 Å². The van der Waals surface area contributed by atoms with Crippen molar-refractivity contribution >= 4 is 11.3 Å². The summed E-state index contributed by atoms with van der Waals surface area (Å²) in [5.41, 5.74) is 2.61. The summed E-state index contributed by atoms with van der Waals surface area (Å²) in [5, 5.41) is 1.13. The van der Waals surface area contributed by atoms with Gasteiger partial charge in [0.25, 0.3) is 0 Å². The maximum Gasteiger partial charge on any atom is 0.123 e. The molecule has 1 aromatic carbocycles. The fourth-order valence-corrected chi connectivity index (χ4v) is 2.62. The average molecular weight is 245 g/mol. The zero-order valence-corrected chi connectivity index (χ0v) is 11.7. The third-order valence-corrected chi connectivity index (χ3v) is 4.26. The minimum atomic E-state index is 0.566. The second-order valence-electron chi connectivity index (χ2n) is 5.00. The summed E-state index contributed by atoms with van der Waals surface area (Å²) >= 11 is 1.80. The second-order valence-corrected chi connectivity index (χ2v) is 6.06. The van der Waals surface area contributed by atoms with Gasteiger partial charge in [0.1, 0.15) is 5.01 Å². The summed E-state index contributed by atoms with van der Waals surface area (Å²) in [6.45, 7) is 8.85. The molecule has 1 heterocycles. The van der Waals surface area contributed by atoms with Gasteiger partial charge >= 0.3 is 0 Å². The van der Waals surface area contributed by atoms with Crippen LogP contribution in [0, 0.1) is 0 Å². The lowest BCUT2D eigenvalue weighted by Gasteiger charge is -2.05. The lowest BCUT2D eigenvalue weighted by Crippen LogP contribution is -1.86. The van der Waals surface area contributed by atoms with E-state index in [-0.39, 0.29) is 0 Å². The van der Waals surface area contributed by atoms with E-state index in [0.717, 1.165) is 5.01 Å². The van der Waals surface area contributed by atoms with Gasteiger partial charge in [0.15, 0.2) is 0 Å². The molecule has 0 radical (unpaired) electrons. The van der Waals surface area contributed by atoms with Crippen LogP contribution < -0.4 is 0 Å². The topological polar surface area (TPSA) is 12.9 Å². The summed E-state index contributed by atoms with van der Waals surface area (Å²) in [4.78, 5) is 5.86. The van der Waals surface area contributed by atoms with Gasteiger partial charge in [-0.25, -0.2) is 4.98 Å². The molecule has 0 atom stereocenters. The van der Waals surface area contributed by atoms with E-state index in [9.17, 15) is 0 Å². The van der Waals surface area contributed by atoms with Crippen molar-refractivity contribution in [2.75, 3.05) is 0 Å². The van der Waals surface area contributed by atoms with Gasteiger partial charge < -0.3 is 0 Å². The van der Waals surface area contributed by atoms with E-state index in [1.54, 1.807) is 11.3 Å². The van der Waals surface area contributed by atoms with Gasteiger partial charge in [0.2, 0.25) is 0 Å². The normalized spacial score (nSPS) is 11.4. The molecule has 0 fully saturated rings. The highest BCUT2D eigenvalue weighted by Gasteiger charge is 2.07. The van der Waals surface area contributed by atoms with Crippen LogP contribution in [0.25, 0.3) is 10.6 Å². The van der Waals surface area contributed by atoms with Gasteiger partial charge in [-0.05, 0) is 17.4 Å². The maximum absolute atomic E-state index is 4.50. The summed E-state index contributed by atoms with van der Waals surface area (Å²) in [5.74, 6) is 1.16. The Morgan fingerprint density at radius 3 is 2.06 bits per heavy atom. The predicted octanol–water partition coefficient (Wildman–Crippen LogP) is 5.06. The zero-order valence-electron chi connectivity index (χ0n) is 10.9. The van der Waals surface area contributed by atoms with E-state index < -0.39 is 0 Å². The van der Waals surface area contributed by atoms with Gasteiger partial charge in [-0.2, -0.15) is 0 Å². The minimum absolute atomic E-state index is 0.566. The molecule has 0 N–H and O–H groups in total. The molecule has 2 heteroatoms. The Bertz CT molecular complexity index is 480. The molecule has 0 aliphatic rings. The van der Waals surface area contributed by atoms with Crippen molar-refractivity contribution in [2.45, 2.75) is 39.5 Å². The Kier molecular flexibility index (Phi) is 3.63. The van der Waals surface area contributed by atoms with Crippen molar-refractivity contribution in [1.82, 2.24) is 4.98 Å². The van der Waals surface area contributed by atoms with Crippen LogP contribution >= 0.6 is 11.3 Å². The standard InChI is InChI=1S/C15H19NS/c1-10(2)12-5-7-13(8-6-12)15-16-9-14(17-15)11(3)4/h5-11H,1-4H3. The van der Waals surface area contributed by atoms with E-state index >= 15 is 0 Å². The van der Waals surface area contributed by atoms with Crippen LogP contribution in [0.5, 0.6) is 0 Å². The van der Waals surface area contributed by atoms with Gasteiger partial charge in [-0.3, -0.25) is 0 Å². The second kappa shape index (κ2) is 5.01. The van der Waals surface area contributed by atoms with Crippen LogP contribution in [0.15, 0.2) is 30.5 Å². The molecule has 17 heavy (non-hydrogen) atoms. The lowest BCUT2D eigenvalue weighted by molar-refractivity contribution is 0.867. The highest BCUT2D eigenvalue weighted by molar-refractivity contribution is 7.15. The monoisotopic (exact) mass is 245 g/mol. The lowest BCUT2D eigenvalue weighted by atomic mass is 10.0. The third-order valence-electron chi connectivity index (χ3n) is 2.92. The molecular formula is C15H19NS. The molecule has 0 unspecified atom stereocenters. The molecule has 0 aliphatic carbocycles. The van der Waals surface area contributed by atoms with Crippen LogP contribution in [0.2, 0.25) is 0 Å². The number of rotatable bonds is 3. The predicted molar refractivity (Wildman–Crippen MR) is 75.7 cm³/mol. The van der Waals surface area contributed by atoms with Crippen LogP contribution in [-0.2, 0) is 0 Å². The average Bonchev–Trinajstić information content (AvgIpc) is 2.78. The fourth-order valence-electron chi connectivity index (χ4n) is 1.70. The van der Waals surface area contributed by atoms with E-state index in [1.165, 1.54) is 16.0 Å². The highest BCUT2D eigenvalue weighted by Crippen LogP contribution is 2.30. The van der Waals surface area contributed by atoms with E-state index in [4.69, 9.17) is 0 Å². The Morgan fingerprint density at radius 1 is 0.941 bits per heavy atom. The van der Waals surface area contributed by atoms with E-state index in [1.807, 2.05) is 6.20 Å². The number of thiazole rings is 1. The fraction of sp³-hybridized carbons (Fsp3) is 0.400. The third kappa shape index (κ3) is 2.75. The van der Waals surface area contributed by atoms with Crippen molar-refractivity contribution in [2.24, 2.45) is 0 Å². The molecule has 1 aromatic heterocycles. The van der Waals surface area contributed by atoms with Crippen molar-refractivity contribution in [1.29, 1.82) is 0 Å². The summed E-state index contributed by atoms with van der Waals surface area (Å²) in [7, 11) is 0. The van der Waals surface area contributed by atoms with E-state index in [2.05, 4.69) is 56.9 Å². The quantitative estimate of drug-likeness (QED) is 0.736. The van der Waals surface area contributed by atoms with Crippen LogP contribution in [-0.4, -0.2) is 4.98 Å². The van der Waals surface area contributed by atoms with Crippen molar-refractivity contribution in [3.05, 3.63) is 40.9 Å². The van der Waals surface area contributed by atoms with Crippen LogP contribution in [0.3, 0.4) is 0 Å². The maximum atomic E-state index is 4.50. The number of aromatic nitrogens is 1. The summed E-state index contributed by atoms with van der Waals surface area (Å²) < 4.78 is 0. The van der Waals surface area contributed by atoms with Gasteiger partial charge in [0.05, 0.1) is 0 Å². The van der Waals surface area contributed by atoms with Gasteiger partial charge in [-0.15, -0.1) is 11.3 Å². The van der Waals surface area contributed by atoms with Crippen molar-refractivity contribution < 1.29 is 0 Å². The highest BCUT2D eigenvalue weighted by atomic mass is 32.1. The minimum Gasteiger partial charge on any atom is -0.244 e. The molecule has 1 nitrogen and oxygen atoms in total. The summed E-state index contributed by atoms with van der Waals surface area (Å²) in [6, 6.07) is 8.77. The van der Waals surface area contributed by atoms with Gasteiger partial charge in [-0.1, -0.05) is 52.0 Å². The Hall–Kier alpha value is -1.15. The van der Waals surface area contributed by atoms with Crippen molar-refractivity contribution in [3.8, 4) is 10.6 Å². The zero-order chi connectivity index (χ0) is 12.4. The molecule has 0 saturated heterocycles. The molecule has 90 valence electrons. The molecule has 0 bridgehead atoms. The number of hydrogen-bond donors (Lipinski definition) is 0. The SMILES string of the molecule is CC(C)c1ccc(-c2ncc(C(C)C)s2)cc1. The molecule has 0 spiro atoms. The largest absolute Gasteiger partial charge is 0.244 e. The van der Waals surface area contributed by atoms with Crippen LogP contribution in [0.1, 0.15) is 50.0 Å². The molecule has 0 amide bonds. The number of benzene rings is 1. The molecule has 0 aliphatic heterocycles. The number of hydrogen-bond acceptors (Lipinski definition) is 2. The number of nitrogens with zero attached hydrogens (tertiary/aromatic N) is 1. The first-order valence-electron chi connectivity index (χ1n) is 6.14. The smallest absolute Gasteiger partial charge is 0.123 e. The first kappa shape index (κ1) is 12.3. The molecule has 2 aromatic rings. The Morgan fingerprint density at radius 2 is 1.59 bits per heavy atom. The van der Waals surface area contributed by atoms with Gasteiger partial charge in [0, 0.05) is 16.6 Å². The van der Waals surface area contributed by atoms with E-state index in [0.29, 0.717) is 11.8 Å². The first-order valence-corrected chi connectivity index (χ1v) is 6.95. The molecule has 2 rings (SSSR count). The summed E-state index contributed by atoms with van der Waals surface area (Å²) in [6.07, 6.45) is 2.00. The Balaban J connectivity index is 2.27. The first-order chi connectivity index (χ1) is 8.08. The molecule has 0 saturated carbocycles. The Labute approximate surface area is 108 Å². The molecular weight excluding hydrogens is 226 g/mol.